The number of ether oxygens (including phenoxy) is 1. The first-order valence-electron chi connectivity index (χ1n) is 5.89. The second kappa shape index (κ2) is 5.79. The lowest BCUT2D eigenvalue weighted by molar-refractivity contribution is 0.0595. The Labute approximate surface area is 121 Å². The summed E-state index contributed by atoms with van der Waals surface area (Å²) in [5.74, 6) is -0.574. The van der Waals surface area contributed by atoms with Crippen LogP contribution in [0.3, 0.4) is 0 Å². The van der Waals surface area contributed by atoms with E-state index in [1.807, 2.05) is 12.1 Å². The lowest BCUT2D eigenvalue weighted by atomic mass is 10.1. The van der Waals surface area contributed by atoms with Crippen LogP contribution in [0, 0.1) is 0 Å². The number of nitrogens with zero attached hydrogens (tertiary/aromatic N) is 1. The fourth-order valence-corrected chi connectivity index (χ4v) is 1.91. The first-order valence-corrected chi connectivity index (χ1v) is 6.27. The minimum atomic E-state index is -0.574. The molecule has 104 valence electrons. The molecule has 3 N–H and O–H groups in total. The fraction of sp³-hybridized carbons (Fsp3) is 0.143. The summed E-state index contributed by atoms with van der Waals surface area (Å²) in [7, 11) is 3.01. The molecule has 0 aliphatic heterocycles. The number of pyridine rings is 1. The summed E-state index contributed by atoms with van der Waals surface area (Å²) >= 11 is 5.86. The number of methoxy groups -OCH3 is 1. The number of hydrogen-bond donors (Lipinski definition) is 2. The molecule has 0 bridgehead atoms. The van der Waals surface area contributed by atoms with E-state index in [4.69, 9.17) is 22.1 Å². The predicted octanol–water partition coefficient (Wildman–Crippen LogP) is 2.81. The average Bonchev–Trinajstić information content (AvgIpc) is 2.47. The fourth-order valence-electron chi connectivity index (χ4n) is 1.78. The predicted molar refractivity (Wildman–Crippen MR) is 80.0 cm³/mol. The first kappa shape index (κ1) is 14.1. The molecule has 0 aliphatic rings. The molecular formula is C14H14ClN3O2. The third kappa shape index (κ3) is 2.67. The number of esters is 1. The third-order valence-corrected chi connectivity index (χ3v) is 3.10. The van der Waals surface area contributed by atoms with Crippen molar-refractivity contribution in [3.63, 3.8) is 0 Å². The highest BCUT2D eigenvalue weighted by molar-refractivity contribution is 6.30. The lowest BCUT2D eigenvalue weighted by Crippen LogP contribution is -2.11. The van der Waals surface area contributed by atoms with Gasteiger partial charge in [-0.25, -0.2) is 9.78 Å². The molecule has 6 heteroatoms. The highest BCUT2D eigenvalue weighted by atomic mass is 35.5. The van der Waals surface area contributed by atoms with E-state index in [-0.39, 0.29) is 11.4 Å². The van der Waals surface area contributed by atoms with Gasteiger partial charge < -0.3 is 15.8 Å². The zero-order chi connectivity index (χ0) is 14.7. The van der Waals surface area contributed by atoms with E-state index in [0.29, 0.717) is 16.4 Å². The number of anilines is 2. The van der Waals surface area contributed by atoms with Gasteiger partial charge in [-0.1, -0.05) is 23.7 Å². The van der Waals surface area contributed by atoms with Gasteiger partial charge in [0.05, 0.1) is 24.2 Å². The van der Waals surface area contributed by atoms with Crippen LogP contribution in [-0.4, -0.2) is 25.1 Å². The first-order chi connectivity index (χ1) is 9.56. The molecule has 0 unspecified atom stereocenters. The Morgan fingerprint density at radius 2 is 2.00 bits per heavy atom. The molecular weight excluding hydrogens is 278 g/mol. The number of nitrogens with one attached hydrogen (secondary N) is 1. The minimum absolute atomic E-state index is 0.0873. The quantitative estimate of drug-likeness (QED) is 0.850. The van der Waals surface area contributed by atoms with Crippen molar-refractivity contribution >= 4 is 28.9 Å². The molecule has 1 heterocycles. The van der Waals surface area contributed by atoms with Gasteiger partial charge in [0.2, 0.25) is 0 Å². The van der Waals surface area contributed by atoms with Crippen LogP contribution < -0.4 is 11.1 Å². The number of aromatic nitrogens is 1. The number of halogens is 1. The molecule has 0 fully saturated rings. The number of rotatable bonds is 3. The zero-order valence-corrected chi connectivity index (χ0v) is 11.9. The van der Waals surface area contributed by atoms with E-state index in [1.165, 1.54) is 7.11 Å². The highest BCUT2D eigenvalue weighted by Gasteiger charge is 2.17. The van der Waals surface area contributed by atoms with Crippen molar-refractivity contribution in [2.75, 3.05) is 25.2 Å². The van der Waals surface area contributed by atoms with Crippen LogP contribution >= 0.6 is 11.6 Å². The molecule has 0 aliphatic carbocycles. The summed E-state index contributed by atoms with van der Waals surface area (Å²) in [6.07, 6.45) is 0. The van der Waals surface area contributed by atoms with Crippen molar-refractivity contribution in [1.29, 1.82) is 0 Å². The van der Waals surface area contributed by atoms with E-state index in [9.17, 15) is 4.79 Å². The van der Waals surface area contributed by atoms with Gasteiger partial charge in [-0.3, -0.25) is 0 Å². The summed E-state index contributed by atoms with van der Waals surface area (Å²) in [5, 5.41) is 3.57. The summed E-state index contributed by atoms with van der Waals surface area (Å²) in [5.41, 5.74) is 8.30. The molecule has 0 saturated carbocycles. The van der Waals surface area contributed by atoms with Gasteiger partial charge in [0.15, 0.2) is 5.69 Å². The Hall–Kier alpha value is -2.27. The maximum Gasteiger partial charge on any atom is 0.358 e. The number of benzene rings is 1. The number of carbonyl (C=O) groups is 1. The van der Waals surface area contributed by atoms with Gasteiger partial charge >= 0.3 is 5.97 Å². The van der Waals surface area contributed by atoms with Crippen LogP contribution in [0.4, 0.5) is 11.4 Å². The topological polar surface area (TPSA) is 77.2 Å². The molecule has 0 spiro atoms. The summed E-state index contributed by atoms with van der Waals surface area (Å²) in [6, 6.07) is 8.92. The molecule has 2 rings (SSSR count). The Morgan fingerprint density at radius 3 is 2.55 bits per heavy atom. The Kier molecular flexibility index (Phi) is 4.10. The number of carbonyl (C=O) groups excluding carboxylic acids is 1. The van der Waals surface area contributed by atoms with E-state index in [2.05, 4.69) is 10.3 Å². The maximum absolute atomic E-state index is 11.7. The Morgan fingerprint density at radius 1 is 1.35 bits per heavy atom. The molecule has 2 aromatic rings. The molecule has 0 radical (unpaired) electrons. The smallest absolute Gasteiger partial charge is 0.358 e. The van der Waals surface area contributed by atoms with E-state index in [0.717, 1.165) is 5.56 Å². The molecule has 5 nitrogen and oxygen atoms in total. The van der Waals surface area contributed by atoms with Crippen LogP contribution in [0.15, 0.2) is 30.3 Å². The Bertz CT molecular complexity index is 642. The second-order valence-corrected chi connectivity index (χ2v) is 4.50. The van der Waals surface area contributed by atoms with Gasteiger partial charge in [-0.05, 0) is 18.2 Å². The van der Waals surface area contributed by atoms with Crippen LogP contribution in [0.2, 0.25) is 5.02 Å². The average molecular weight is 292 g/mol. The van der Waals surface area contributed by atoms with Crippen molar-refractivity contribution in [2.45, 2.75) is 0 Å². The van der Waals surface area contributed by atoms with E-state index < -0.39 is 5.97 Å². The highest BCUT2D eigenvalue weighted by Crippen LogP contribution is 2.28. The molecule has 20 heavy (non-hydrogen) atoms. The maximum atomic E-state index is 11.7. The monoisotopic (exact) mass is 291 g/mol. The summed E-state index contributed by atoms with van der Waals surface area (Å²) in [4.78, 5) is 16.0. The lowest BCUT2D eigenvalue weighted by Gasteiger charge is -2.12. The second-order valence-electron chi connectivity index (χ2n) is 4.07. The third-order valence-electron chi connectivity index (χ3n) is 2.85. The van der Waals surface area contributed by atoms with Crippen molar-refractivity contribution in [2.24, 2.45) is 0 Å². The molecule has 0 atom stereocenters. The van der Waals surface area contributed by atoms with Crippen molar-refractivity contribution in [1.82, 2.24) is 4.98 Å². The minimum Gasteiger partial charge on any atom is -0.464 e. The van der Waals surface area contributed by atoms with E-state index in [1.54, 1.807) is 25.2 Å². The standard InChI is InChI=1S/C14H14ClN3O2/c1-17-11-7-10(8-3-5-9(15)6-4-8)18-13(12(11)16)14(19)20-2/h3-7H,16H2,1-2H3,(H,17,18). The molecule has 1 aromatic heterocycles. The van der Waals surface area contributed by atoms with Gasteiger partial charge in [0.25, 0.3) is 0 Å². The SMILES string of the molecule is CNc1cc(-c2ccc(Cl)cc2)nc(C(=O)OC)c1N. The van der Waals surface area contributed by atoms with E-state index >= 15 is 0 Å². The van der Waals surface area contributed by atoms with Crippen molar-refractivity contribution in [3.05, 3.63) is 41.0 Å². The summed E-state index contributed by atoms with van der Waals surface area (Å²) < 4.78 is 4.70. The van der Waals surface area contributed by atoms with Crippen LogP contribution in [0.5, 0.6) is 0 Å². The zero-order valence-electron chi connectivity index (χ0n) is 11.1. The number of nitrogens with two attached hydrogens (primary N) is 1. The summed E-state index contributed by atoms with van der Waals surface area (Å²) in [6.45, 7) is 0. The van der Waals surface area contributed by atoms with Crippen LogP contribution in [-0.2, 0) is 4.74 Å². The van der Waals surface area contributed by atoms with Crippen LogP contribution in [0.25, 0.3) is 11.3 Å². The molecule has 0 saturated heterocycles. The molecule has 0 amide bonds. The van der Waals surface area contributed by atoms with Gasteiger partial charge in [0.1, 0.15) is 0 Å². The Balaban J connectivity index is 2.59. The van der Waals surface area contributed by atoms with Gasteiger partial charge in [0, 0.05) is 17.6 Å². The van der Waals surface area contributed by atoms with Crippen molar-refractivity contribution < 1.29 is 9.53 Å². The molecule has 1 aromatic carbocycles. The number of hydrogen-bond acceptors (Lipinski definition) is 5. The van der Waals surface area contributed by atoms with Crippen molar-refractivity contribution in [3.8, 4) is 11.3 Å². The van der Waals surface area contributed by atoms with Gasteiger partial charge in [-0.2, -0.15) is 0 Å². The largest absolute Gasteiger partial charge is 0.464 e. The normalized spacial score (nSPS) is 10.2. The van der Waals surface area contributed by atoms with Gasteiger partial charge in [-0.15, -0.1) is 0 Å². The van der Waals surface area contributed by atoms with Crippen LogP contribution in [0.1, 0.15) is 10.5 Å². The number of nitrogen functional groups attached to an aromatic ring is 1.